The molecular formula is C14H16ClN3O2. The van der Waals surface area contributed by atoms with Gasteiger partial charge in [0.1, 0.15) is 6.10 Å². The molecule has 2 aromatic rings. The van der Waals surface area contributed by atoms with Crippen molar-refractivity contribution in [3.63, 3.8) is 0 Å². The van der Waals surface area contributed by atoms with Crippen molar-refractivity contribution in [2.75, 3.05) is 11.9 Å². The minimum atomic E-state index is -0.757. The van der Waals surface area contributed by atoms with Gasteiger partial charge in [0, 0.05) is 18.9 Å². The van der Waals surface area contributed by atoms with Crippen LogP contribution in [0.2, 0.25) is 5.02 Å². The molecule has 0 bridgehead atoms. The first-order valence-electron chi connectivity index (χ1n) is 6.16. The van der Waals surface area contributed by atoms with E-state index in [9.17, 15) is 9.90 Å². The first-order valence-corrected chi connectivity index (χ1v) is 6.54. The Bertz CT molecular complexity index is 598. The number of anilines is 1. The van der Waals surface area contributed by atoms with Crippen LogP contribution in [0.5, 0.6) is 0 Å². The van der Waals surface area contributed by atoms with Crippen LogP contribution in [0.15, 0.2) is 42.6 Å². The Labute approximate surface area is 122 Å². The van der Waals surface area contributed by atoms with Crippen molar-refractivity contribution < 1.29 is 9.90 Å². The zero-order valence-electron chi connectivity index (χ0n) is 11.0. The molecule has 2 amide bonds. The van der Waals surface area contributed by atoms with Gasteiger partial charge in [-0.2, -0.15) is 0 Å². The van der Waals surface area contributed by atoms with Crippen molar-refractivity contribution in [1.82, 2.24) is 9.88 Å². The highest BCUT2D eigenvalue weighted by molar-refractivity contribution is 6.33. The van der Waals surface area contributed by atoms with E-state index in [-0.39, 0.29) is 6.54 Å². The number of amides is 2. The van der Waals surface area contributed by atoms with Crippen molar-refractivity contribution in [2.45, 2.75) is 6.10 Å². The fourth-order valence-corrected chi connectivity index (χ4v) is 2.03. The van der Waals surface area contributed by atoms with Crippen LogP contribution in [0.3, 0.4) is 0 Å². The first kappa shape index (κ1) is 14.4. The Hall–Kier alpha value is -1.98. The van der Waals surface area contributed by atoms with E-state index in [0.717, 1.165) is 5.69 Å². The van der Waals surface area contributed by atoms with E-state index in [0.29, 0.717) is 10.7 Å². The molecule has 0 radical (unpaired) electrons. The minimum Gasteiger partial charge on any atom is -0.385 e. The lowest BCUT2D eigenvalue weighted by molar-refractivity contribution is 0.167. The standard InChI is InChI=1S/C14H16ClN3O2/c1-18-8-4-7-12(18)13(19)9-16-14(20)17-11-6-3-2-5-10(11)15/h2-8,13,19H,9H2,1H3,(H2,16,17,20)/t13-/m0/s1. The molecule has 1 aromatic heterocycles. The molecule has 0 saturated heterocycles. The predicted molar refractivity (Wildman–Crippen MR) is 78.8 cm³/mol. The zero-order chi connectivity index (χ0) is 14.5. The van der Waals surface area contributed by atoms with E-state index >= 15 is 0 Å². The third-order valence-corrected chi connectivity index (χ3v) is 3.23. The highest BCUT2D eigenvalue weighted by Gasteiger charge is 2.12. The maximum absolute atomic E-state index is 11.7. The molecule has 6 heteroatoms. The van der Waals surface area contributed by atoms with Crippen molar-refractivity contribution in [2.24, 2.45) is 7.05 Å². The van der Waals surface area contributed by atoms with Gasteiger partial charge >= 0.3 is 6.03 Å². The van der Waals surface area contributed by atoms with Crippen LogP contribution in [0.4, 0.5) is 10.5 Å². The smallest absolute Gasteiger partial charge is 0.319 e. The molecule has 106 valence electrons. The highest BCUT2D eigenvalue weighted by atomic mass is 35.5. The number of aromatic nitrogens is 1. The molecule has 1 aromatic carbocycles. The van der Waals surface area contributed by atoms with Gasteiger partial charge in [-0.15, -0.1) is 0 Å². The van der Waals surface area contributed by atoms with Crippen molar-refractivity contribution in [1.29, 1.82) is 0 Å². The van der Waals surface area contributed by atoms with E-state index in [1.165, 1.54) is 0 Å². The third-order valence-electron chi connectivity index (χ3n) is 2.90. The molecule has 0 spiro atoms. The number of hydrogen-bond donors (Lipinski definition) is 3. The average molecular weight is 294 g/mol. The Kier molecular flexibility index (Phi) is 4.65. The number of aryl methyl sites for hydroxylation is 1. The summed E-state index contributed by atoms with van der Waals surface area (Å²) in [5.74, 6) is 0. The Morgan fingerprint density at radius 1 is 1.35 bits per heavy atom. The normalized spacial score (nSPS) is 11.9. The van der Waals surface area contributed by atoms with Gasteiger partial charge in [0.15, 0.2) is 0 Å². The summed E-state index contributed by atoms with van der Waals surface area (Å²) in [6, 6.07) is 10.2. The molecule has 0 unspecified atom stereocenters. The van der Waals surface area contributed by atoms with Crippen LogP contribution >= 0.6 is 11.6 Å². The van der Waals surface area contributed by atoms with Gasteiger partial charge in [-0.25, -0.2) is 4.79 Å². The second-order valence-electron chi connectivity index (χ2n) is 4.37. The molecule has 3 N–H and O–H groups in total. The fourth-order valence-electron chi connectivity index (χ4n) is 1.84. The summed E-state index contributed by atoms with van der Waals surface area (Å²) >= 11 is 5.94. The predicted octanol–water partition coefficient (Wildman–Crippen LogP) is 2.53. The molecule has 1 atom stereocenters. The zero-order valence-corrected chi connectivity index (χ0v) is 11.8. The van der Waals surface area contributed by atoms with Crippen LogP contribution in [0, 0.1) is 0 Å². The first-order chi connectivity index (χ1) is 9.58. The lowest BCUT2D eigenvalue weighted by Crippen LogP contribution is -2.32. The van der Waals surface area contributed by atoms with E-state index < -0.39 is 12.1 Å². The fraction of sp³-hybridized carbons (Fsp3) is 0.214. The highest BCUT2D eigenvalue weighted by Crippen LogP contribution is 2.20. The molecule has 2 rings (SSSR count). The molecule has 20 heavy (non-hydrogen) atoms. The number of para-hydroxylation sites is 1. The summed E-state index contributed by atoms with van der Waals surface area (Å²) in [6.45, 7) is 0.119. The molecule has 0 fully saturated rings. The molecule has 1 heterocycles. The lowest BCUT2D eigenvalue weighted by atomic mass is 10.2. The molecular weight excluding hydrogens is 278 g/mol. The minimum absolute atomic E-state index is 0.119. The molecule has 0 aliphatic rings. The number of hydrogen-bond acceptors (Lipinski definition) is 2. The Morgan fingerprint density at radius 2 is 2.10 bits per heavy atom. The number of aliphatic hydroxyl groups excluding tert-OH is 1. The van der Waals surface area contributed by atoms with Crippen LogP contribution < -0.4 is 10.6 Å². The van der Waals surface area contributed by atoms with E-state index in [1.54, 1.807) is 34.9 Å². The molecule has 0 saturated carbocycles. The summed E-state index contributed by atoms with van der Waals surface area (Å²) < 4.78 is 1.80. The van der Waals surface area contributed by atoms with E-state index in [2.05, 4.69) is 10.6 Å². The summed E-state index contributed by atoms with van der Waals surface area (Å²) in [5.41, 5.74) is 1.27. The molecule has 0 aliphatic heterocycles. The van der Waals surface area contributed by atoms with Gasteiger partial charge in [0.2, 0.25) is 0 Å². The topological polar surface area (TPSA) is 66.3 Å². The monoisotopic (exact) mass is 293 g/mol. The number of urea groups is 1. The largest absolute Gasteiger partial charge is 0.385 e. The van der Waals surface area contributed by atoms with Gasteiger partial charge in [-0.1, -0.05) is 23.7 Å². The average Bonchev–Trinajstić information content (AvgIpc) is 2.85. The van der Waals surface area contributed by atoms with Gasteiger partial charge in [-0.05, 0) is 24.3 Å². The van der Waals surface area contributed by atoms with Crippen molar-refractivity contribution in [3.05, 3.63) is 53.3 Å². The third kappa shape index (κ3) is 3.53. The number of nitrogens with zero attached hydrogens (tertiary/aromatic N) is 1. The number of rotatable bonds is 4. The van der Waals surface area contributed by atoms with Crippen LogP contribution in [-0.2, 0) is 7.05 Å². The second-order valence-corrected chi connectivity index (χ2v) is 4.78. The quantitative estimate of drug-likeness (QED) is 0.811. The number of halogens is 1. The van der Waals surface area contributed by atoms with Gasteiger partial charge in [0.05, 0.1) is 17.3 Å². The maximum atomic E-state index is 11.7. The maximum Gasteiger partial charge on any atom is 0.319 e. The molecule has 0 aliphatic carbocycles. The van der Waals surface area contributed by atoms with Crippen molar-refractivity contribution >= 4 is 23.3 Å². The van der Waals surface area contributed by atoms with E-state index in [4.69, 9.17) is 11.6 Å². The summed E-state index contributed by atoms with van der Waals surface area (Å²) in [6.07, 6.45) is 1.08. The molecule has 5 nitrogen and oxygen atoms in total. The van der Waals surface area contributed by atoms with Crippen LogP contribution in [-0.4, -0.2) is 22.2 Å². The summed E-state index contributed by atoms with van der Waals surface area (Å²) in [5, 5.41) is 15.7. The van der Waals surface area contributed by atoms with Gasteiger partial charge < -0.3 is 20.3 Å². The van der Waals surface area contributed by atoms with Gasteiger partial charge in [0.25, 0.3) is 0 Å². The number of nitrogens with one attached hydrogen (secondary N) is 2. The number of carbonyl (C=O) groups excluding carboxylic acids is 1. The Balaban J connectivity index is 1.87. The summed E-state index contributed by atoms with van der Waals surface area (Å²) in [7, 11) is 1.84. The van der Waals surface area contributed by atoms with Crippen LogP contribution in [0.1, 0.15) is 11.8 Å². The lowest BCUT2D eigenvalue weighted by Gasteiger charge is -2.14. The van der Waals surface area contributed by atoms with Crippen molar-refractivity contribution in [3.8, 4) is 0 Å². The number of benzene rings is 1. The number of carbonyl (C=O) groups is 1. The SMILES string of the molecule is Cn1cccc1[C@@H](O)CNC(=O)Nc1ccccc1Cl. The second kappa shape index (κ2) is 6.45. The Morgan fingerprint density at radius 3 is 2.75 bits per heavy atom. The van der Waals surface area contributed by atoms with E-state index in [1.807, 2.05) is 19.3 Å². The van der Waals surface area contributed by atoms with Gasteiger partial charge in [-0.3, -0.25) is 0 Å². The number of aliphatic hydroxyl groups is 1. The summed E-state index contributed by atoms with van der Waals surface area (Å²) in [4.78, 5) is 11.7. The van der Waals surface area contributed by atoms with Crippen LogP contribution in [0.25, 0.3) is 0 Å².